The summed E-state index contributed by atoms with van der Waals surface area (Å²) in [7, 11) is 1.50. The fourth-order valence-corrected chi connectivity index (χ4v) is 0.673. The van der Waals surface area contributed by atoms with Crippen LogP contribution in [0.1, 0.15) is 16.2 Å². The number of aromatic nitrogens is 2. The van der Waals surface area contributed by atoms with Gasteiger partial charge in [-0.2, -0.15) is 5.10 Å². The predicted molar refractivity (Wildman–Crippen MR) is 41.6 cm³/mol. The van der Waals surface area contributed by atoms with E-state index in [1.807, 2.05) is 0 Å². The van der Waals surface area contributed by atoms with Crippen molar-refractivity contribution in [1.82, 2.24) is 10.2 Å². The molecule has 0 aliphatic heterocycles. The molecule has 5 heteroatoms. The Morgan fingerprint density at radius 2 is 2.58 bits per heavy atom. The zero-order valence-electron chi connectivity index (χ0n) is 6.44. The topological polar surface area (TPSA) is 75.2 Å². The molecule has 0 radical (unpaired) electrons. The maximum atomic E-state index is 10.4. The minimum Gasteiger partial charge on any atom is -0.504 e. The van der Waals surface area contributed by atoms with Gasteiger partial charge in [-0.15, -0.1) is 0 Å². The predicted octanol–water partition coefficient (Wildman–Crippen LogP) is 0.725. The third-order valence-electron chi connectivity index (χ3n) is 1.20. The van der Waals surface area contributed by atoms with E-state index in [1.54, 1.807) is 6.08 Å². The summed E-state index contributed by atoms with van der Waals surface area (Å²) in [4.78, 5) is 10.4. The Kier molecular flexibility index (Phi) is 2.47. The second kappa shape index (κ2) is 3.56. The highest BCUT2D eigenvalue weighted by Gasteiger charge is 2.05. The Morgan fingerprint density at radius 3 is 3.08 bits per heavy atom. The highest BCUT2D eigenvalue weighted by molar-refractivity contribution is 5.85. The van der Waals surface area contributed by atoms with Crippen LogP contribution < -0.4 is 0 Å². The molecule has 5 nitrogen and oxygen atoms in total. The van der Waals surface area contributed by atoms with Gasteiger partial charge in [0.25, 0.3) is 0 Å². The molecule has 64 valence electrons. The van der Waals surface area contributed by atoms with Crippen LogP contribution in [0.15, 0.2) is 12.3 Å². The lowest BCUT2D eigenvalue weighted by Gasteiger charge is -1.83. The maximum absolute atomic E-state index is 10.4. The monoisotopic (exact) mass is 168 g/mol. The van der Waals surface area contributed by atoms with E-state index >= 15 is 0 Å². The molecule has 0 amide bonds. The minimum absolute atomic E-state index is 0.00856. The molecule has 0 unspecified atom stereocenters. The minimum atomic E-state index is -1.05. The smallest absolute Gasteiger partial charge is 0.356 e. The SMILES string of the molecule is COC=Cc1cc(C(=O)O)n[nH]1. The molecule has 0 aromatic carbocycles. The van der Waals surface area contributed by atoms with Gasteiger partial charge in [0.05, 0.1) is 19.1 Å². The third kappa shape index (κ3) is 1.85. The van der Waals surface area contributed by atoms with Gasteiger partial charge in [-0.05, 0) is 12.1 Å². The zero-order valence-corrected chi connectivity index (χ0v) is 6.44. The van der Waals surface area contributed by atoms with Crippen LogP contribution >= 0.6 is 0 Å². The number of carboxylic acid groups (broad SMARTS) is 1. The van der Waals surface area contributed by atoms with E-state index < -0.39 is 5.97 Å². The molecule has 1 rings (SSSR count). The van der Waals surface area contributed by atoms with Crippen molar-refractivity contribution in [2.24, 2.45) is 0 Å². The molecule has 0 spiro atoms. The Hall–Kier alpha value is -1.78. The van der Waals surface area contributed by atoms with Crippen molar-refractivity contribution in [1.29, 1.82) is 0 Å². The molecule has 0 aliphatic rings. The second-order valence-corrected chi connectivity index (χ2v) is 2.05. The van der Waals surface area contributed by atoms with E-state index in [0.29, 0.717) is 5.69 Å². The first-order valence-electron chi connectivity index (χ1n) is 3.22. The molecule has 12 heavy (non-hydrogen) atoms. The normalized spacial score (nSPS) is 10.4. The number of aromatic carboxylic acids is 1. The highest BCUT2D eigenvalue weighted by Crippen LogP contribution is 2.01. The van der Waals surface area contributed by atoms with Crippen molar-refractivity contribution in [3.8, 4) is 0 Å². The number of methoxy groups -OCH3 is 1. The number of H-pyrrole nitrogens is 1. The molecule has 1 aromatic rings. The third-order valence-corrected chi connectivity index (χ3v) is 1.20. The van der Waals surface area contributed by atoms with Crippen LogP contribution in [0.4, 0.5) is 0 Å². The van der Waals surface area contributed by atoms with Gasteiger partial charge in [0.1, 0.15) is 0 Å². The Bertz CT molecular complexity index is 303. The average molecular weight is 168 g/mol. The number of rotatable bonds is 3. The van der Waals surface area contributed by atoms with Crippen molar-refractivity contribution in [2.75, 3.05) is 7.11 Å². The number of nitrogens with zero attached hydrogens (tertiary/aromatic N) is 1. The van der Waals surface area contributed by atoms with Gasteiger partial charge in [0, 0.05) is 0 Å². The number of hydrogen-bond acceptors (Lipinski definition) is 3. The summed E-state index contributed by atoms with van der Waals surface area (Å²) in [5, 5.41) is 14.5. The number of nitrogens with one attached hydrogen (secondary N) is 1. The first-order valence-corrected chi connectivity index (χ1v) is 3.22. The van der Waals surface area contributed by atoms with Gasteiger partial charge in [-0.1, -0.05) is 0 Å². The summed E-state index contributed by atoms with van der Waals surface area (Å²) in [6, 6.07) is 1.41. The average Bonchev–Trinajstić information content (AvgIpc) is 2.48. The molecule has 0 saturated carbocycles. The first-order chi connectivity index (χ1) is 5.74. The molecule has 0 bridgehead atoms. The second-order valence-electron chi connectivity index (χ2n) is 2.05. The standard InChI is InChI=1S/C7H8N2O3/c1-12-3-2-5-4-6(7(10)11)9-8-5/h2-4H,1H3,(H,8,9)(H,10,11). The summed E-state index contributed by atoms with van der Waals surface area (Å²) >= 11 is 0. The zero-order chi connectivity index (χ0) is 8.97. The molecule has 0 saturated heterocycles. The molecule has 0 aliphatic carbocycles. The van der Waals surface area contributed by atoms with Crippen LogP contribution in [0.2, 0.25) is 0 Å². The van der Waals surface area contributed by atoms with E-state index in [-0.39, 0.29) is 5.69 Å². The van der Waals surface area contributed by atoms with E-state index in [2.05, 4.69) is 14.9 Å². The van der Waals surface area contributed by atoms with Gasteiger partial charge in [-0.25, -0.2) is 4.79 Å². The lowest BCUT2D eigenvalue weighted by Crippen LogP contribution is -1.95. The van der Waals surface area contributed by atoms with E-state index in [0.717, 1.165) is 0 Å². The summed E-state index contributed by atoms with van der Waals surface area (Å²) in [5.74, 6) is -1.05. The maximum Gasteiger partial charge on any atom is 0.356 e. The van der Waals surface area contributed by atoms with Crippen molar-refractivity contribution < 1.29 is 14.6 Å². The van der Waals surface area contributed by atoms with Crippen LogP contribution in [0.3, 0.4) is 0 Å². The van der Waals surface area contributed by atoms with E-state index in [4.69, 9.17) is 5.11 Å². The van der Waals surface area contributed by atoms with E-state index in [9.17, 15) is 4.79 Å². The van der Waals surface area contributed by atoms with Gasteiger partial charge in [-0.3, -0.25) is 5.10 Å². The molecule has 0 atom stereocenters. The lowest BCUT2D eigenvalue weighted by atomic mass is 10.3. The summed E-state index contributed by atoms with van der Waals surface area (Å²) in [6.45, 7) is 0. The molecule has 1 aromatic heterocycles. The van der Waals surface area contributed by atoms with Crippen LogP contribution in [0, 0.1) is 0 Å². The van der Waals surface area contributed by atoms with Crippen molar-refractivity contribution in [2.45, 2.75) is 0 Å². The van der Waals surface area contributed by atoms with Crippen LogP contribution in [0.5, 0.6) is 0 Å². The Morgan fingerprint density at radius 1 is 1.83 bits per heavy atom. The number of carbonyl (C=O) groups is 1. The molecule has 2 N–H and O–H groups in total. The van der Waals surface area contributed by atoms with Gasteiger partial charge in [0.2, 0.25) is 0 Å². The summed E-state index contributed by atoms with van der Waals surface area (Å²) < 4.78 is 4.64. The molecule has 0 fully saturated rings. The van der Waals surface area contributed by atoms with Gasteiger partial charge >= 0.3 is 5.97 Å². The molecular weight excluding hydrogens is 160 g/mol. The van der Waals surface area contributed by atoms with E-state index in [1.165, 1.54) is 19.4 Å². The number of hydrogen-bond donors (Lipinski definition) is 2. The van der Waals surface area contributed by atoms with Gasteiger partial charge in [0.15, 0.2) is 5.69 Å². The van der Waals surface area contributed by atoms with Crippen LogP contribution in [-0.4, -0.2) is 28.4 Å². The number of aromatic amines is 1. The lowest BCUT2D eigenvalue weighted by molar-refractivity contribution is 0.0690. The summed E-state index contributed by atoms with van der Waals surface area (Å²) in [5.41, 5.74) is 0.583. The fourth-order valence-electron chi connectivity index (χ4n) is 0.673. The Labute approximate surface area is 68.7 Å². The fraction of sp³-hybridized carbons (Fsp3) is 0.143. The van der Waals surface area contributed by atoms with Crippen molar-refractivity contribution >= 4 is 12.0 Å². The number of ether oxygens (including phenoxy) is 1. The summed E-state index contributed by atoms with van der Waals surface area (Å²) in [6.07, 6.45) is 3.01. The largest absolute Gasteiger partial charge is 0.504 e. The van der Waals surface area contributed by atoms with Crippen LogP contribution in [-0.2, 0) is 4.74 Å². The number of carboxylic acids is 1. The van der Waals surface area contributed by atoms with Gasteiger partial charge < -0.3 is 9.84 Å². The van der Waals surface area contributed by atoms with Crippen molar-refractivity contribution in [3.05, 3.63) is 23.7 Å². The van der Waals surface area contributed by atoms with Crippen LogP contribution in [0.25, 0.3) is 6.08 Å². The quantitative estimate of drug-likeness (QED) is 0.652. The molecule has 1 heterocycles. The highest BCUT2D eigenvalue weighted by atomic mass is 16.5. The van der Waals surface area contributed by atoms with Crippen molar-refractivity contribution in [3.63, 3.8) is 0 Å². The first kappa shape index (κ1) is 8.32. The molecular formula is C7H8N2O3. The Balaban J connectivity index is 2.77.